The quantitative estimate of drug-likeness (QED) is 0.821. The van der Waals surface area contributed by atoms with Crippen molar-refractivity contribution >= 4 is 5.69 Å². The van der Waals surface area contributed by atoms with E-state index in [4.69, 9.17) is 0 Å². The maximum Gasteiger partial charge on any atom is 0.0429 e. The molecule has 0 heterocycles. The van der Waals surface area contributed by atoms with Gasteiger partial charge in [0, 0.05) is 25.3 Å². The predicted molar refractivity (Wildman–Crippen MR) is 87.0 cm³/mol. The zero-order chi connectivity index (χ0) is 14.2. The van der Waals surface area contributed by atoms with E-state index in [1.165, 1.54) is 16.8 Å². The topological polar surface area (TPSA) is 15.3 Å². The molecule has 0 aromatic heterocycles. The average Bonchev–Trinajstić information content (AvgIpc) is 2.52. The molecule has 1 N–H and O–H groups in total. The van der Waals surface area contributed by atoms with Crippen LogP contribution in [-0.2, 0) is 13.1 Å². The van der Waals surface area contributed by atoms with Crippen LogP contribution in [-0.4, -0.2) is 13.1 Å². The van der Waals surface area contributed by atoms with E-state index in [-0.39, 0.29) is 0 Å². The second kappa shape index (κ2) is 7.71. The van der Waals surface area contributed by atoms with Crippen LogP contribution in [0.5, 0.6) is 0 Å². The molecular formula is C18H24N2. The fourth-order valence-corrected chi connectivity index (χ4v) is 2.35. The van der Waals surface area contributed by atoms with Crippen molar-refractivity contribution in [3.8, 4) is 0 Å². The Kier molecular flexibility index (Phi) is 5.63. The van der Waals surface area contributed by atoms with Gasteiger partial charge in [-0.25, -0.2) is 0 Å². The summed E-state index contributed by atoms with van der Waals surface area (Å²) in [6, 6.07) is 19.5. The lowest BCUT2D eigenvalue weighted by Crippen LogP contribution is -2.22. The van der Waals surface area contributed by atoms with Gasteiger partial charge in [-0.15, -0.1) is 0 Å². The standard InChI is InChI=1S/C18H24N2/c1-3-19-14-16-9-8-10-17(13-16)15-20(4-2)18-11-6-5-7-12-18/h5-13,19H,3-4,14-15H2,1-2H3. The lowest BCUT2D eigenvalue weighted by Gasteiger charge is -2.23. The van der Waals surface area contributed by atoms with E-state index in [0.29, 0.717) is 0 Å². The third kappa shape index (κ3) is 4.10. The van der Waals surface area contributed by atoms with Crippen molar-refractivity contribution in [3.63, 3.8) is 0 Å². The van der Waals surface area contributed by atoms with E-state index >= 15 is 0 Å². The Morgan fingerprint density at radius 3 is 2.35 bits per heavy atom. The van der Waals surface area contributed by atoms with E-state index in [1.807, 2.05) is 0 Å². The molecular weight excluding hydrogens is 244 g/mol. The Morgan fingerprint density at radius 2 is 1.65 bits per heavy atom. The number of nitrogens with zero attached hydrogens (tertiary/aromatic N) is 1. The number of benzene rings is 2. The highest BCUT2D eigenvalue weighted by Crippen LogP contribution is 2.17. The normalized spacial score (nSPS) is 10.5. The summed E-state index contributed by atoms with van der Waals surface area (Å²) < 4.78 is 0. The third-order valence-corrected chi connectivity index (χ3v) is 3.45. The van der Waals surface area contributed by atoms with Gasteiger partial charge >= 0.3 is 0 Å². The minimum Gasteiger partial charge on any atom is -0.367 e. The Bertz CT molecular complexity index is 508. The Morgan fingerprint density at radius 1 is 0.900 bits per heavy atom. The second-order valence-corrected chi connectivity index (χ2v) is 4.95. The van der Waals surface area contributed by atoms with Crippen LogP contribution in [0.15, 0.2) is 54.6 Å². The van der Waals surface area contributed by atoms with Crippen molar-refractivity contribution < 1.29 is 0 Å². The summed E-state index contributed by atoms with van der Waals surface area (Å²) >= 11 is 0. The molecule has 0 aliphatic rings. The average molecular weight is 268 g/mol. The molecule has 0 saturated heterocycles. The summed E-state index contributed by atoms with van der Waals surface area (Å²) in [6.07, 6.45) is 0. The van der Waals surface area contributed by atoms with E-state index in [1.54, 1.807) is 0 Å². The van der Waals surface area contributed by atoms with Crippen molar-refractivity contribution in [3.05, 3.63) is 65.7 Å². The van der Waals surface area contributed by atoms with Crippen molar-refractivity contribution in [1.29, 1.82) is 0 Å². The summed E-state index contributed by atoms with van der Waals surface area (Å²) in [5.74, 6) is 0. The molecule has 0 unspecified atom stereocenters. The van der Waals surface area contributed by atoms with Crippen molar-refractivity contribution in [2.75, 3.05) is 18.0 Å². The molecule has 0 spiro atoms. The van der Waals surface area contributed by atoms with Gasteiger partial charge in [0.15, 0.2) is 0 Å². The summed E-state index contributed by atoms with van der Waals surface area (Å²) in [4.78, 5) is 2.40. The Labute approximate surface area is 122 Å². The van der Waals surface area contributed by atoms with Gasteiger partial charge in [0.1, 0.15) is 0 Å². The fraction of sp³-hybridized carbons (Fsp3) is 0.333. The minimum atomic E-state index is 0.946. The molecule has 2 heteroatoms. The van der Waals surface area contributed by atoms with Crippen LogP contribution in [0.1, 0.15) is 25.0 Å². The number of para-hydroxylation sites is 1. The van der Waals surface area contributed by atoms with E-state index in [2.05, 4.69) is 78.7 Å². The Balaban J connectivity index is 2.07. The van der Waals surface area contributed by atoms with Crippen LogP contribution in [0, 0.1) is 0 Å². The molecule has 0 radical (unpaired) electrons. The van der Waals surface area contributed by atoms with Crippen LogP contribution in [0.4, 0.5) is 5.69 Å². The monoisotopic (exact) mass is 268 g/mol. The van der Waals surface area contributed by atoms with Gasteiger partial charge < -0.3 is 10.2 Å². The molecule has 0 fully saturated rings. The maximum absolute atomic E-state index is 3.38. The van der Waals surface area contributed by atoms with Crippen LogP contribution in [0.3, 0.4) is 0 Å². The van der Waals surface area contributed by atoms with Gasteiger partial charge in [0.2, 0.25) is 0 Å². The van der Waals surface area contributed by atoms with Gasteiger partial charge in [-0.1, -0.05) is 49.4 Å². The molecule has 20 heavy (non-hydrogen) atoms. The summed E-state index contributed by atoms with van der Waals surface area (Å²) in [7, 11) is 0. The van der Waals surface area contributed by atoms with E-state index in [9.17, 15) is 0 Å². The molecule has 0 bridgehead atoms. The molecule has 0 atom stereocenters. The Hall–Kier alpha value is -1.80. The van der Waals surface area contributed by atoms with Gasteiger partial charge in [-0.2, -0.15) is 0 Å². The molecule has 0 aliphatic heterocycles. The molecule has 2 aromatic carbocycles. The van der Waals surface area contributed by atoms with Gasteiger partial charge in [-0.05, 0) is 36.7 Å². The van der Waals surface area contributed by atoms with Crippen LogP contribution >= 0.6 is 0 Å². The predicted octanol–water partition coefficient (Wildman–Crippen LogP) is 3.82. The highest BCUT2D eigenvalue weighted by Gasteiger charge is 2.05. The number of hydrogen-bond acceptors (Lipinski definition) is 2. The van der Waals surface area contributed by atoms with Crippen molar-refractivity contribution in [1.82, 2.24) is 5.32 Å². The van der Waals surface area contributed by atoms with E-state index < -0.39 is 0 Å². The first kappa shape index (κ1) is 14.6. The first-order chi connectivity index (χ1) is 9.83. The summed E-state index contributed by atoms with van der Waals surface area (Å²) in [5, 5.41) is 3.38. The molecule has 2 aromatic rings. The van der Waals surface area contributed by atoms with E-state index in [0.717, 1.165) is 26.2 Å². The van der Waals surface area contributed by atoms with Gasteiger partial charge in [0.25, 0.3) is 0 Å². The number of hydrogen-bond donors (Lipinski definition) is 1. The van der Waals surface area contributed by atoms with Crippen molar-refractivity contribution in [2.24, 2.45) is 0 Å². The molecule has 0 aliphatic carbocycles. The zero-order valence-electron chi connectivity index (χ0n) is 12.5. The lowest BCUT2D eigenvalue weighted by atomic mass is 10.1. The third-order valence-electron chi connectivity index (χ3n) is 3.45. The van der Waals surface area contributed by atoms with Crippen molar-refractivity contribution in [2.45, 2.75) is 26.9 Å². The summed E-state index contributed by atoms with van der Waals surface area (Å²) in [6.45, 7) is 8.27. The number of rotatable bonds is 7. The number of nitrogens with one attached hydrogen (secondary N) is 1. The van der Waals surface area contributed by atoms with Crippen LogP contribution in [0.2, 0.25) is 0 Å². The first-order valence-electron chi connectivity index (χ1n) is 7.42. The minimum absolute atomic E-state index is 0.946. The molecule has 2 nitrogen and oxygen atoms in total. The first-order valence-corrected chi connectivity index (χ1v) is 7.42. The smallest absolute Gasteiger partial charge is 0.0429 e. The number of anilines is 1. The second-order valence-electron chi connectivity index (χ2n) is 4.95. The van der Waals surface area contributed by atoms with Crippen LogP contribution < -0.4 is 10.2 Å². The fourth-order valence-electron chi connectivity index (χ4n) is 2.35. The van der Waals surface area contributed by atoms with Gasteiger partial charge in [-0.3, -0.25) is 0 Å². The lowest BCUT2D eigenvalue weighted by molar-refractivity contribution is 0.725. The highest BCUT2D eigenvalue weighted by molar-refractivity contribution is 5.46. The highest BCUT2D eigenvalue weighted by atomic mass is 15.1. The maximum atomic E-state index is 3.38. The molecule has 0 saturated carbocycles. The molecule has 106 valence electrons. The molecule has 2 rings (SSSR count). The molecule has 0 amide bonds. The summed E-state index contributed by atoms with van der Waals surface area (Å²) in [5.41, 5.74) is 4.01. The zero-order valence-corrected chi connectivity index (χ0v) is 12.5. The van der Waals surface area contributed by atoms with Gasteiger partial charge in [0.05, 0.1) is 0 Å². The largest absolute Gasteiger partial charge is 0.367 e. The van der Waals surface area contributed by atoms with Crippen LogP contribution in [0.25, 0.3) is 0 Å². The SMILES string of the molecule is CCNCc1cccc(CN(CC)c2ccccc2)c1.